The number of rotatable bonds is 4. The molecule has 0 N–H and O–H groups in total. The lowest BCUT2D eigenvalue weighted by molar-refractivity contribution is 0.307. The number of para-hydroxylation sites is 1. The van der Waals surface area contributed by atoms with Crippen LogP contribution in [-0.4, -0.2) is 4.98 Å². The molecule has 0 unspecified atom stereocenters. The molecule has 0 aliphatic carbocycles. The second kappa shape index (κ2) is 5.74. The van der Waals surface area contributed by atoms with Crippen molar-refractivity contribution in [3.05, 3.63) is 71.9 Å². The molecule has 2 nitrogen and oxygen atoms in total. The van der Waals surface area contributed by atoms with Crippen molar-refractivity contribution in [2.24, 2.45) is 0 Å². The van der Waals surface area contributed by atoms with Gasteiger partial charge in [0.15, 0.2) is 0 Å². The van der Waals surface area contributed by atoms with E-state index >= 15 is 0 Å². The molecule has 100 valence electrons. The van der Waals surface area contributed by atoms with Gasteiger partial charge in [-0.05, 0) is 30.2 Å². The maximum atomic E-state index is 5.86. The number of nitrogens with zero attached hydrogens (tertiary/aromatic N) is 1. The van der Waals surface area contributed by atoms with E-state index in [1.807, 2.05) is 30.5 Å². The summed E-state index contributed by atoms with van der Waals surface area (Å²) in [4.78, 5) is 4.44. The molecule has 0 amide bonds. The van der Waals surface area contributed by atoms with E-state index in [0.29, 0.717) is 6.61 Å². The molecule has 0 radical (unpaired) electrons. The minimum Gasteiger partial charge on any atom is -0.489 e. The van der Waals surface area contributed by atoms with Crippen molar-refractivity contribution in [1.82, 2.24) is 4.98 Å². The van der Waals surface area contributed by atoms with Crippen molar-refractivity contribution in [2.75, 3.05) is 0 Å². The van der Waals surface area contributed by atoms with Gasteiger partial charge >= 0.3 is 0 Å². The summed E-state index contributed by atoms with van der Waals surface area (Å²) in [5.74, 6) is 0.898. The number of aromatic nitrogens is 1. The molecular formula is C18H17NO. The van der Waals surface area contributed by atoms with Gasteiger partial charge < -0.3 is 4.74 Å². The summed E-state index contributed by atoms with van der Waals surface area (Å²) < 4.78 is 5.86. The zero-order valence-electron chi connectivity index (χ0n) is 11.5. The highest BCUT2D eigenvalue weighted by Crippen LogP contribution is 2.19. The summed E-state index contributed by atoms with van der Waals surface area (Å²) >= 11 is 0. The number of ether oxygens (including phenoxy) is 1. The third kappa shape index (κ3) is 2.64. The number of aryl methyl sites for hydroxylation is 1. The van der Waals surface area contributed by atoms with Gasteiger partial charge in [-0.15, -0.1) is 0 Å². The molecule has 1 aromatic heterocycles. The molecule has 0 saturated heterocycles. The molecule has 1 heterocycles. The number of fused-ring (bicyclic) bond motifs is 1. The van der Waals surface area contributed by atoms with E-state index in [-0.39, 0.29) is 0 Å². The Morgan fingerprint density at radius 1 is 0.950 bits per heavy atom. The molecule has 0 spiro atoms. The topological polar surface area (TPSA) is 22.1 Å². The summed E-state index contributed by atoms with van der Waals surface area (Å²) in [7, 11) is 0. The Bertz CT molecular complexity index is 699. The van der Waals surface area contributed by atoms with Crippen LogP contribution in [0.25, 0.3) is 10.9 Å². The quantitative estimate of drug-likeness (QED) is 0.697. The Hall–Kier alpha value is -2.35. The normalized spacial score (nSPS) is 10.7. The molecule has 3 rings (SSSR count). The number of hydrogen-bond donors (Lipinski definition) is 0. The van der Waals surface area contributed by atoms with E-state index in [1.165, 1.54) is 5.56 Å². The van der Waals surface area contributed by atoms with Crippen LogP contribution in [-0.2, 0) is 13.0 Å². The van der Waals surface area contributed by atoms with Gasteiger partial charge in [0.05, 0.1) is 5.52 Å². The van der Waals surface area contributed by atoms with Gasteiger partial charge in [0.1, 0.15) is 12.4 Å². The zero-order chi connectivity index (χ0) is 13.8. The van der Waals surface area contributed by atoms with Crippen molar-refractivity contribution in [1.29, 1.82) is 0 Å². The second-order valence-electron chi connectivity index (χ2n) is 4.78. The van der Waals surface area contributed by atoms with Gasteiger partial charge in [-0.1, -0.05) is 43.3 Å². The van der Waals surface area contributed by atoms with E-state index in [9.17, 15) is 0 Å². The first kappa shape index (κ1) is 12.7. The summed E-state index contributed by atoms with van der Waals surface area (Å²) in [5.41, 5.74) is 3.45. The van der Waals surface area contributed by atoms with E-state index in [2.05, 4.69) is 42.2 Å². The van der Waals surface area contributed by atoms with Crippen LogP contribution in [0.15, 0.2) is 60.8 Å². The van der Waals surface area contributed by atoms with Gasteiger partial charge in [-0.2, -0.15) is 0 Å². The SMILES string of the molecule is CCc1ccc(OCc2cccc3cccnc23)cc1. The predicted molar refractivity (Wildman–Crippen MR) is 81.9 cm³/mol. The van der Waals surface area contributed by atoms with Crippen LogP contribution in [0.5, 0.6) is 5.75 Å². The monoisotopic (exact) mass is 263 g/mol. The third-order valence-corrected chi connectivity index (χ3v) is 3.44. The van der Waals surface area contributed by atoms with Gasteiger partial charge in [0, 0.05) is 17.1 Å². The summed E-state index contributed by atoms with van der Waals surface area (Å²) in [6.07, 6.45) is 2.87. The van der Waals surface area contributed by atoms with Gasteiger partial charge in [-0.25, -0.2) is 0 Å². The Morgan fingerprint density at radius 3 is 2.55 bits per heavy atom. The van der Waals surface area contributed by atoms with Gasteiger partial charge in [-0.3, -0.25) is 4.98 Å². The number of pyridine rings is 1. The van der Waals surface area contributed by atoms with Crippen LogP contribution in [0.2, 0.25) is 0 Å². The minimum absolute atomic E-state index is 0.541. The fraction of sp³-hybridized carbons (Fsp3) is 0.167. The van der Waals surface area contributed by atoms with Crippen LogP contribution in [0, 0.1) is 0 Å². The standard InChI is InChI=1S/C18H17NO/c1-2-14-8-10-17(11-9-14)20-13-16-6-3-5-15-7-4-12-19-18(15)16/h3-12H,2,13H2,1H3. The minimum atomic E-state index is 0.541. The van der Waals surface area contributed by atoms with E-state index in [1.54, 1.807) is 0 Å². The van der Waals surface area contributed by atoms with Crippen molar-refractivity contribution < 1.29 is 4.74 Å². The molecule has 0 saturated carbocycles. The average Bonchev–Trinajstić information content (AvgIpc) is 2.53. The first-order chi connectivity index (χ1) is 9.86. The Morgan fingerprint density at radius 2 is 1.75 bits per heavy atom. The molecule has 2 heteroatoms. The van der Waals surface area contributed by atoms with Crippen molar-refractivity contribution in [3.63, 3.8) is 0 Å². The van der Waals surface area contributed by atoms with Crippen LogP contribution >= 0.6 is 0 Å². The van der Waals surface area contributed by atoms with Crippen LogP contribution < -0.4 is 4.74 Å². The lowest BCUT2D eigenvalue weighted by atomic mass is 10.1. The van der Waals surface area contributed by atoms with Crippen molar-refractivity contribution in [2.45, 2.75) is 20.0 Å². The predicted octanol–water partition coefficient (Wildman–Crippen LogP) is 4.38. The molecule has 0 aliphatic rings. The van der Waals surface area contributed by atoms with Crippen LogP contribution in [0.4, 0.5) is 0 Å². The second-order valence-corrected chi connectivity index (χ2v) is 4.78. The van der Waals surface area contributed by atoms with E-state index in [0.717, 1.165) is 28.6 Å². The van der Waals surface area contributed by atoms with Gasteiger partial charge in [0.25, 0.3) is 0 Å². The fourth-order valence-corrected chi connectivity index (χ4v) is 2.27. The summed E-state index contributed by atoms with van der Waals surface area (Å²) in [5, 5.41) is 1.15. The first-order valence-electron chi connectivity index (χ1n) is 6.91. The number of benzene rings is 2. The van der Waals surface area contributed by atoms with E-state index < -0.39 is 0 Å². The van der Waals surface area contributed by atoms with Gasteiger partial charge in [0.2, 0.25) is 0 Å². The van der Waals surface area contributed by atoms with Crippen LogP contribution in [0.1, 0.15) is 18.1 Å². The molecule has 0 aliphatic heterocycles. The maximum absolute atomic E-state index is 5.86. The first-order valence-corrected chi connectivity index (χ1v) is 6.91. The van der Waals surface area contributed by atoms with Crippen molar-refractivity contribution in [3.8, 4) is 5.75 Å². The fourth-order valence-electron chi connectivity index (χ4n) is 2.27. The maximum Gasteiger partial charge on any atom is 0.119 e. The molecule has 0 fully saturated rings. The highest BCUT2D eigenvalue weighted by Gasteiger charge is 2.02. The molecular weight excluding hydrogens is 246 g/mol. The van der Waals surface area contributed by atoms with Crippen LogP contribution in [0.3, 0.4) is 0 Å². The molecule has 0 atom stereocenters. The largest absolute Gasteiger partial charge is 0.489 e. The molecule has 20 heavy (non-hydrogen) atoms. The smallest absolute Gasteiger partial charge is 0.119 e. The molecule has 2 aromatic carbocycles. The third-order valence-electron chi connectivity index (χ3n) is 3.44. The Balaban J connectivity index is 1.79. The van der Waals surface area contributed by atoms with Crippen molar-refractivity contribution >= 4 is 10.9 Å². The average molecular weight is 263 g/mol. The Kier molecular flexibility index (Phi) is 3.64. The zero-order valence-corrected chi connectivity index (χ0v) is 11.5. The van der Waals surface area contributed by atoms with E-state index in [4.69, 9.17) is 4.74 Å². The highest BCUT2D eigenvalue weighted by molar-refractivity contribution is 5.81. The Labute approximate surface area is 119 Å². The molecule has 3 aromatic rings. The molecule has 0 bridgehead atoms. The lowest BCUT2D eigenvalue weighted by Crippen LogP contribution is -1.97. The number of hydrogen-bond acceptors (Lipinski definition) is 2. The lowest BCUT2D eigenvalue weighted by Gasteiger charge is -2.09. The highest BCUT2D eigenvalue weighted by atomic mass is 16.5. The summed E-state index contributed by atoms with van der Waals surface area (Å²) in [6.45, 7) is 2.69. The summed E-state index contributed by atoms with van der Waals surface area (Å²) in [6, 6.07) is 18.5.